The normalized spacial score (nSPS) is 12.1. The number of pyridine rings is 1. The fourth-order valence-electron chi connectivity index (χ4n) is 1.89. The molecule has 0 saturated carbocycles. The second-order valence-corrected chi connectivity index (χ2v) is 4.51. The van der Waals surface area contributed by atoms with Crippen molar-refractivity contribution in [3.05, 3.63) is 59.9 Å². The number of ether oxygens (including phenoxy) is 1. The highest BCUT2D eigenvalue weighted by atomic mass is 16.5. The van der Waals surface area contributed by atoms with E-state index in [2.05, 4.69) is 11.9 Å². The van der Waals surface area contributed by atoms with Crippen molar-refractivity contribution >= 4 is 0 Å². The third kappa shape index (κ3) is 4.07. The van der Waals surface area contributed by atoms with Gasteiger partial charge in [0.2, 0.25) is 0 Å². The Morgan fingerprint density at radius 3 is 2.84 bits per heavy atom. The SMILES string of the molecule is CCC(N)c1cccc(OCCc2ccccn2)c1. The van der Waals surface area contributed by atoms with Crippen LogP contribution in [0.4, 0.5) is 0 Å². The van der Waals surface area contributed by atoms with Gasteiger partial charge in [0.05, 0.1) is 6.61 Å². The smallest absolute Gasteiger partial charge is 0.119 e. The van der Waals surface area contributed by atoms with Crippen LogP contribution >= 0.6 is 0 Å². The van der Waals surface area contributed by atoms with E-state index in [1.807, 2.05) is 42.5 Å². The molecule has 0 saturated heterocycles. The summed E-state index contributed by atoms with van der Waals surface area (Å²) in [5.41, 5.74) is 8.19. The number of nitrogens with zero attached hydrogens (tertiary/aromatic N) is 1. The van der Waals surface area contributed by atoms with Gasteiger partial charge in [0.15, 0.2) is 0 Å². The molecule has 1 aromatic carbocycles. The van der Waals surface area contributed by atoms with Gasteiger partial charge in [0.1, 0.15) is 5.75 Å². The standard InChI is InChI=1S/C16H20N2O/c1-2-16(17)13-6-5-8-15(12-13)19-11-9-14-7-3-4-10-18-14/h3-8,10,12,16H,2,9,11,17H2,1H3. The maximum atomic E-state index is 6.02. The predicted octanol–water partition coefficient (Wildman–Crippen LogP) is 3.11. The van der Waals surface area contributed by atoms with Crippen molar-refractivity contribution < 1.29 is 4.74 Å². The molecule has 2 rings (SSSR count). The predicted molar refractivity (Wildman–Crippen MR) is 77.1 cm³/mol. The number of rotatable bonds is 6. The van der Waals surface area contributed by atoms with Crippen LogP contribution in [0.15, 0.2) is 48.7 Å². The van der Waals surface area contributed by atoms with Gasteiger partial charge in [-0.25, -0.2) is 0 Å². The number of aromatic nitrogens is 1. The van der Waals surface area contributed by atoms with Crippen LogP contribution in [0.25, 0.3) is 0 Å². The molecule has 1 atom stereocenters. The summed E-state index contributed by atoms with van der Waals surface area (Å²) in [6.07, 6.45) is 3.54. The zero-order valence-corrected chi connectivity index (χ0v) is 11.3. The Hall–Kier alpha value is -1.87. The Kier molecular flexibility index (Phi) is 4.93. The topological polar surface area (TPSA) is 48.1 Å². The van der Waals surface area contributed by atoms with Gasteiger partial charge < -0.3 is 10.5 Å². The van der Waals surface area contributed by atoms with Crippen LogP contribution in [-0.4, -0.2) is 11.6 Å². The van der Waals surface area contributed by atoms with E-state index in [0.29, 0.717) is 6.61 Å². The Bertz CT molecular complexity index is 499. The van der Waals surface area contributed by atoms with Gasteiger partial charge >= 0.3 is 0 Å². The number of hydrogen-bond donors (Lipinski definition) is 1. The monoisotopic (exact) mass is 256 g/mol. The van der Waals surface area contributed by atoms with Crippen molar-refractivity contribution in [2.75, 3.05) is 6.61 Å². The molecule has 0 bridgehead atoms. The lowest BCUT2D eigenvalue weighted by atomic mass is 10.1. The maximum absolute atomic E-state index is 6.02. The molecule has 0 aliphatic carbocycles. The van der Waals surface area contributed by atoms with Crippen LogP contribution in [0.2, 0.25) is 0 Å². The van der Waals surface area contributed by atoms with Crippen molar-refractivity contribution in [2.24, 2.45) is 5.73 Å². The summed E-state index contributed by atoms with van der Waals surface area (Å²) in [6.45, 7) is 2.71. The lowest BCUT2D eigenvalue weighted by Crippen LogP contribution is -2.09. The average molecular weight is 256 g/mol. The van der Waals surface area contributed by atoms with Gasteiger partial charge in [-0.05, 0) is 36.2 Å². The molecule has 2 N–H and O–H groups in total. The van der Waals surface area contributed by atoms with Crippen molar-refractivity contribution in [1.29, 1.82) is 0 Å². The van der Waals surface area contributed by atoms with Crippen LogP contribution in [0, 0.1) is 0 Å². The molecule has 100 valence electrons. The fraction of sp³-hybridized carbons (Fsp3) is 0.312. The molecule has 0 aliphatic heterocycles. The highest BCUT2D eigenvalue weighted by Gasteiger charge is 2.04. The van der Waals surface area contributed by atoms with E-state index >= 15 is 0 Å². The van der Waals surface area contributed by atoms with Gasteiger partial charge in [0.25, 0.3) is 0 Å². The minimum absolute atomic E-state index is 0.0827. The first kappa shape index (κ1) is 13.6. The summed E-state index contributed by atoms with van der Waals surface area (Å²) in [7, 11) is 0. The highest BCUT2D eigenvalue weighted by molar-refractivity contribution is 5.30. The summed E-state index contributed by atoms with van der Waals surface area (Å²) in [4.78, 5) is 4.27. The molecule has 0 radical (unpaired) electrons. The summed E-state index contributed by atoms with van der Waals surface area (Å²) in [5, 5.41) is 0. The summed E-state index contributed by atoms with van der Waals surface area (Å²) in [5.74, 6) is 0.873. The van der Waals surface area contributed by atoms with Gasteiger partial charge in [-0.15, -0.1) is 0 Å². The molecule has 1 aromatic heterocycles. The molecule has 0 amide bonds. The van der Waals surface area contributed by atoms with Crippen molar-refractivity contribution in [1.82, 2.24) is 4.98 Å². The first-order valence-electron chi connectivity index (χ1n) is 6.68. The largest absolute Gasteiger partial charge is 0.493 e. The number of benzene rings is 1. The second-order valence-electron chi connectivity index (χ2n) is 4.51. The third-order valence-electron chi connectivity index (χ3n) is 3.08. The molecule has 1 unspecified atom stereocenters. The van der Waals surface area contributed by atoms with E-state index in [4.69, 9.17) is 10.5 Å². The van der Waals surface area contributed by atoms with Crippen molar-refractivity contribution in [3.8, 4) is 5.75 Å². The van der Waals surface area contributed by atoms with Crippen molar-refractivity contribution in [3.63, 3.8) is 0 Å². The summed E-state index contributed by atoms with van der Waals surface area (Å²) >= 11 is 0. The van der Waals surface area contributed by atoms with Crippen LogP contribution in [0.5, 0.6) is 5.75 Å². The molecular weight excluding hydrogens is 236 g/mol. The minimum atomic E-state index is 0.0827. The van der Waals surface area contributed by atoms with E-state index < -0.39 is 0 Å². The fourth-order valence-corrected chi connectivity index (χ4v) is 1.89. The molecule has 1 heterocycles. The zero-order valence-electron chi connectivity index (χ0n) is 11.3. The van der Waals surface area contributed by atoms with E-state index in [1.165, 1.54) is 0 Å². The molecule has 0 aliphatic rings. The Labute approximate surface area is 114 Å². The van der Waals surface area contributed by atoms with Gasteiger partial charge in [-0.1, -0.05) is 25.1 Å². The first-order valence-corrected chi connectivity index (χ1v) is 6.68. The summed E-state index contributed by atoms with van der Waals surface area (Å²) < 4.78 is 5.75. The van der Waals surface area contributed by atoms with Gasteiger partial charge in [-0.3, -0.25) is 4.98 Å². The minimum Gasteiger partial charge on any atom is -0.493 e. The summed E-state index contributed by atoms with van der Waals surface area (Å²) in [6, 6.07) is 14.0. The van der Waals surface area contributed by atoms with Crippen LogP contribution in [-0.2, 0) is 6.42 Å². The molecule has 19 heavy (non-hydrogen) atoms. The first-order chi connectivity index (χ1) is 9.29. The van der Waals surface area contributed by atoms with E-state index in [1.54, 1.807) is 6.20 Å². The third-order valence-corrected chi connectivity index (χ3v) is 3.08. The van der Waals surface area contributed by atoms with E-state index in [0.717, 1.165) is 29.8 Å². The van der Waals surface area contributed by atoms with Gasteiger partial charge in [0, 0.05) is 24.4 Å². The number of nitrogens with two attached hydrogens (primary N) is 1. The molecule has 0 fully saturated rings. The molecular formula is C16H20N2O. The lowest BCUT2D eigenvalue weighted by Gasteiger charge is -2.11. The zero-order chi connectivity index (χ0) is 13.5. The highest BCUT2D eigenvalue weighted by Crippen LogP contribution is 2.19. The Balaban J connectivity index is 1.89. The molecule has 3 nitrogen and oxygen atoms in total. The van der Waals surface area contributed by atoms with Crippen molar-refractivity contribution in [2.45, 2.75) is 25.8 Å². The maximum Gasteiger partial charge on any atom is 0.119 e. The van der Waals surface area contributed by atoms with Crippen LogP contribution in [0.3, 0.4) is 0 Å². The second kappa shape index (κ2) is 6.90. The van der Waals surface area contributed by atoms with Gasteiger partial charge in [-0.2, -0.15) is 0 Å². The molecule has 2 aromatic rings. The van der Waals surface area contributed by atoms with Crippen LogP contribution < -0.4 is 10.5 Å². The Morgan fingerprint density at radius 1 is 1.21 bits per heavy atom. The Morgan fingerprint density at radius 2 is 2.11 bits per heavy atom. The van der Waals surface area contributed by atoms with E-state index in [-0.39, 0.29) is 6.04 Å². The number of hydrogen-bond acceptors (Lipinski definition) is 3. The van der Waals surface area contributed by atoms with Crippen LogP contribution in [0.1, 0.15) is 30.6 Å². The van der Waals surface area contributed by atoms with E-state index in [9.17, 15) is 0 Å². The molecule has 3 heteroatoms. The average Bonchev–Trinajstić information content (AvgIpc) is 2.48. The quantitative estimate of drug-likeness (QED) is 0.864. The molecule has 0 spiro atoms. The lowest BCUT2D eigenvalue weighted by molar-refractivity contribution is 0.320.